The van der Waals surface area contributed by atoms with E-state index in [9.17, 15) is 0 Å². The Morgan fingerprint density at radius 2 is 1.73 bits per heavy atom. The summed E-state index contributed by atoms with van der Waals surface area (Å²) in [6.45, 7) is 5.58. The maximum Gasteiger partial charge on any atom is 0.227 e. The van der Waals surface area contributed by atoms with Gasteiger partial charge in [0.2, 0.25) is 5.95 Å². The monoisotopic (exact) mass is 396 g/mol. The van der Waals surface area contributed by atoms with Gasteiger partial charge < -0.3 is 15.0 Å². The lowest BCUT2D eigenvalue weighted by Crippen LogP contribution is -2.36. The first kappa shape index (κ1) is 18.6. The van der Waals surface area contributed by atoms with Crippen LogP contribution in [0.2, 0.25) is 0 Å². The Morgan fingerprint density at radius 1 is 0.933 bits per heavy atom. The van der Waals surface area contributed by atoms with Gasteiger partial charge in [0.15, 0.2) is 0 Å². The summed E-state index contributed by atoms with van der Waals surface area (Å²) >= 11 is 0. The predicted octanol–water partition coefficient (Wildman–Crippen LogP) is 5.19. The molecule has 0 saturated carbocycles. The van der Waals surface area contributed by atoms with E-state index in [4.69, 9.17) is 9.72 Å². The zero-order valence-corrected chi connectivity index (χ0v) is 17.0. The molecule has 1 N–H and O–H groups in total. The fraction of sp³-hybridized carbons (Fsp3) is 0.200. The molecule has 0 amide bonds. The van der Waals surface area contributed by atoms with Gasteiger partial charge in [-0.3, -0.25) is 0 Å². The van der Waals surface area contributed by atoms with Gasteiger partial charge in [0.1, 0.15) is 0 Å². The van der Waals surface area contributed by atoms with Crippen LogP contribution in [-0.4, -0.2) is 36.3 Å². The van der Waals surface area contributed by atoms with Crippen LogP contribution in [-0.2, 0) is 4.74 Å². The van der Waals surface area contributed by atoms with Crippen molar-refractivity contribution in [3.8, 4) is 11.1 Å². The Balaban J connectivity index is 1.35. The van der Waals surface area contributed by atoms with Crippen molar-refractivity contribution in [3.63, 3.8) is 0 Å². The van der Waals surface area contributed by atoms with Gasteiger partial charge in [-0.25, -0.2) is 9.97 Å². The zero-order chi connectivity index (χ0) is 20.3. The fourth-order valence-electron chi connectivity index (χ4n) is 3.86. The predicted molar refractivity (Wildman–Crippen MR) is 122 cm³/mol. The summed E-state index contributed by atoms with van der Waals surface area (Å²) in [5, 5.41) is 4.35. The number of hydrogen-bond donors (Lipinski definition) is 1. The molecule has 0 radical (unpaired) electrons. The van der Waals surface area contributed by atoms with Crippen LogP contribution in [0.15, 0.2) is 72.9 Å². The Kier molecular flexibility index (Phi) is 5.03. The van der Waals surface area contributed by atoms with Crippen LogP contribution in [0.25, 0.3) is 22.0 Å². The number of fused-ring (bicyclic) bond motifs is 1. The molecule has 2 heterocycles. The third kappa shape index (κ3) is 3.84. The Morgan fingerprint density at radius 3 is 2.53 bits per heavy atom. The van der Waals surface area contributed by atoms with E-state index < -0.39 is 0 Å². The van der Waals surface area contributed by atoms with Gasteiger partial charge in [-0.2, -0.15) is 0 Å². The van der Waals surface area contributed by atoms with Gasteiger partial charge in [-0.15, -0.1) is 0 Å². The molecule has 3 aromatic carbocycles. The maximum absolute atomic E-state index is 5.43. The van der Waals surface area contributed by atoms with E-state index in [0.717, 1.165) is 42.9 Å². The number of aryl methyl sites for hydroxylation is 1. The number of benzene rings is 3. The highest BCUT2D eigenvalue weighted by Crippen LogP contribution is 2.27. The molecule has 150 valence electrons. The van der Waals surface area contributed by atoms with E-state index in [-0.39, 0.29) is 0 Å². The van der Waals surface area contributed by atoms with Gasteiger partial charge in [-0.05, 0) is 60.0 Å². The molecule has 0 atom stereocenters. The van der Waals surface area contributed by atoms with Crippen molar-refractivity contribution < 1.29 is 4.74 Å². The van der Waals surface area contributed by atoms with Crippen LogP contribution in [0, 0.1) is 6.92 Å². The van der Waals surface area contributed by atoms with Crippen LogP contribution in [0.1, 0.15) is 5.56 Å². The van der Waals surface area contributed by atoms with Crippen LogP contribution < -0.4 is 10.2 Å². The number of ether oxygens (including phenoxy) is 1. The average Bonchev–Trinajstić information content (AvgIpc) is 2.80. The molecule has 5 rings (SSSR count). The molecular formula is C25H24N4O. The SMILES string of the molecule is Cc1ccccc1-c1ccc2nc(Nc3ccc(N4CCOCC4)cc3)ncc2c1. The minimum atomic E-state index is 0.602. The lowest BCUT2D eigenvalue weighted by Gasteiger charge is -2.28. The zero-order valence-electron chi connectivity index (χ0n) is 17.0. The molecule has 5 nitrogen and oxygen atoms in total. The Hall–Kier alpha value is -3.44. The largest absolute Gasteiger partial charge is 0.378 e. The first-order valence-corrected chi connectivity index (χ1v) is 10.3. The fourth-order valence-corrected chi connectivity index (χ4v) is 3.86. The molecule has 1 aromatic heterocycles. The third-order valence-corrected chi connectivity index (χ3v) is 5.54. The molecule has 0 unspecified atom stereocenters. The molecule has 0 bridgehead atoms. The lowest BCUT2D eigenvalue weighted by molar-refractivity contribution is 0.122. The molecule has 1 fully saturated rings. The van der Waals surface area contributed by atoms with E-state index in [0.29, 0.717) is 5.95 Å². The highest BCUT2D eigenvalue weighted by molar-refractivity contribution is 5.85. The molecule has 1 aliphatic rings. The number of nitrogens with one attached hydrogen (secondary N) is 1. The Labute approximate surface area is 176 Å². The number of nitrogens with zero attached hydrogens (tertiary/aromatic N) is 3. The highest BCUT2D eigenvalue weighted by atomic mass is 16.5. The van der Waals surface area contributed by atoms with Crippen LogP contribution >= 0.6 is 0 Å². The molecule has 5 heteroatoms. The van der Waals surface area contributed by atoms with E-state index in [1.54, 1.807) is 0 Å². The summed E-state index contributed by atoms with van der Waals surface area (Å²) in [4.78, 5) is 11.6. The summed E-state index contributed by atoms with van der Waals surface area (Å²) < 4.78 is 5.43. The van der Waals surface area contributed by atoms with E-state index >= 15 is 0 Å². The van der Waals surface area contributed by atoms with Crippen molar-refractivity contribution in [2.24, 2.45) is 0 Å². The molecule has 4 aromatic rings. The topological polar surface area (TPSA) is 50.3 Å². The highest BCUT2D eigenvalue weighted by Gasteiger charge is 2.11. The molecule has 1 saturated heterocycles. The summed E-state index contributed by atoms with van der Waals surface area (Å²) in [6, 6.07) is 23.1. The van der Waals surface area contributed by atoms with Crippen molar-refractivity contribution in [2.45, 2.75) is 6.92 Å². The second-order valence-electron chi connectivity index (χ2n) is 7.55. The molecule has 1 aliphatic heterocycles. The van der Waals surface area contributed by atoms with E-state index in [1.807, 2.05) is 6.20 Å². The summed E-state index contributed by atoms with van der Waals surface area (Å²) in [7, 11) is 0. The molecule has 0 spiro atoms. The molecular weight excluding hydrogens is 372 g/mol. The minimum Gasteiger partial charge on any atom is -0.378 e. The molecule has 0 aliphatic carbocycles. The van der Waals surface area contributed by atoms with Crippen LogP contribution in [0.3, 0.4) is 0 Å². The van der Waals surface area contributed by atoms with Crippen LogP contribution in [0.5, 0.6) is 0 Å². The second-order valence-corrected chi connectivity index (χ2v) is 7.55. The van der Waals surface area contributed by atoms with Crippen molar-refractivity contribution in [1.29, 1.82) is 0 Å². The van der Waals surface area contributed by atoms with E-state index in [1.165, 1.54) is 22.4 Å². The number of hydrogen-bond acceptors (Lipinski definition) is 5. The smallest absolute Gasteiger partial charge is 0.227 e. The third-order valence-electron chi connectivity index (χ3n) is 5.54. The lowest BCUT2D eigenvalue weighted by atomic mass is 9.99. The van der Waals surface area contributed by atoms with Gasteiger partial charge in [0.25, 0.3) is 0 Å². The van der Waals surface area contributed by atoms with Crippen molar-refractivity contribution in [3.05, 3.63) is 78.5 Å². The van der Waals surface area contributed by atoms with Crippen molar-refractivity contribution in [1.82, 2.24) is 9.97 Å². The quantitative estimate of drug-likeness (QED) is 0.515. The normalized spacial score (nSPS) is 14.1. The van der Waals surface area contributed by atoms with Gasteiger partial charge in [0.05, 0.1) is 18.7 Å². The first-order chi connectivity index (χ1) is 14.8. The summed E-state index contributed by atoms with van der Waals surface area (Å²) in [5.41, 5.74) is 6.80. The second kappa shape index (κ2) is 8.13. The van der Waals surface area contributed by atoms with E-state index in [2.05, 4.69) is 88.9 Å². The standard InChI is InChI=1S/C25H24N4O/c1-18-4-2-3-5-23(18)19-6-11-24-20(16-19)17-26-25(28-24)27-21-7-9-22(10-8-21)29-12-14-30-15-13-29/h2-11,16-17H,12-15H2,1H3,(H,26,27,28). The number of rotatable bonds is 4. The summed E-state index contributed by atoms with van der Waals surface area (Å²) in [6.07, 6.45) is 1.88. The van der Waals surface area contributed by atoms with Gasteiger partial charge in [0, 0.05) is 36.0 Å². The van der Waals surface area contributed by atoms with Gasteiger partial charge in [-0.1, -0.05) is 30.3 Å². The summed E-state index contributed by atoms with van der Waals surface area (Å²) in [5.74, 6) is 0.602. The number of aromatic nitrogens is 2. The maximum atomic E-state index is 5.43. The number of anilines is 3. The van der Waals surface area contributed by atoms with Crippen LogP contribution in [0.4, 0.5) is 17.3 Å². The first-order valence-electron chi connectivity index (χ1n) is 10.3. The minimum absolute atomic E-state index is 0.602. The molecule has 30 heavy (non-hydrogen) atoms. The van der Waals surface area contributed by atoms with Gasteiger partial charge >= 0.3 is 0 Å². The number of morpholine rings is 1. The Bertz CT molecular complexity index is 1170. The van der Waals surface area contributed by atoms with Crippen molar-refractivity contribution >= 4 is 28.2 Å². The van der Waals surface area contributed by atoms with Crippen molar-refractivity contribution in [2.75, 3.05) is 36.5 Å². The average molecular weight is 396 g/mol.